The average molecular weight is 269 g/mol. The first-order chi connectivity index (χ1) is 9.81. The van der Waals surface area contributed by atoms with Gasteiger partial charge >= 0.3 is 0 Å². The molecule has 0 bridgehead atoms. The van der Waals surface area contributed by atoms with Gasteiger partial charge in [0.2, 0.25) is 0 Å². The van der Waals surface area contributed by atoms with Crippen molar-refractivity contribution < 1.29 is 0 Å². The summed E-state index contributed by atoms with van der Waals surface area (Å²) in [6, 6.07) is 10.3. The lowest BCUT2D eigenvalue weighted by molar-refractivity contribution is 1.00. The minimum Gasteiger partial charge on any atom is -0.393 e. The molecule has 20 heavy (non-hydrogen) atoms. The fourth-order valence-electron chi connectivity index (χ4n) is 1.82. The SMILES string of the molecule is C=CCNc1ncnc(NCCc2ccccc2)c1N. The van der Waals surface area contributed by atoms with Crippen LogP contribution in [0.5, 0.6) is 0 Å². The molecule has 5 heteroatoms. The summed E-state index contributed by atoms with van der Waals surface area (Å²) in [4.78, 5) is 8.27. The van der Waals surface area contributed by atoms with Gasteiger partial charge in [0.15, 0.2) is 11.6 Å². The van der Waals surface area contributed by atoms with Crippen LogP contribution in [0.1, 0.15) is 5.56 Å². The van der Waals surface area contributed by atoms with Gasteiger partial charge in [0, 0.05) is 13.1 Å². The van der Waals surface area contributed by atoms with Gasteiger partial charge in [-0.2, -0.15) is 0 Å². The number of hydrogen-bond acceptors (Lipinski definition) is 5. The molecule has 0 amide bonds. The fourth-order valence-corrected chi connectivity index (χ4v) is 1.82. The molecule has 5 nitrogen and oxygen atoms in total. The number of benzene rings is 1. The maximum atomic E-state index is 6.02. The van der Waals surface area contributed by atoms with Crippen LogP contribution in [0.4, 0.5) is 17.3 Å². The van der Waals surface area contributed by atoms with Gasteiger partial charge in [-0.25, -0.2) is 9.97 Å². The number of nitrogens with one attached hydrogen (secondary N) is 2. The number of rotatable bonds is 7. The Balaban J connectivity index is 1.94. The first-order valence-electron chi connectivity index (χ1n) is 6.54. The van der Waals surface area contributed by atoms with Gasteiger partial charge in [-0.3, -0.25) is 0 Å². The lowest BCUT2D eigenvalue weighted by atomic mass is 10.1. The first kappa shape index (κ1) is 13.9. The second kappa shape index (κ2) is 7.13. The van der Waals surface area contributed by atoms with E-state index in [0.717, 1.165) is 13.0 Å². The zero-order chi connectivity index (χ0) is 14.2. The van der Waals surface area contributed by atoms with E-state index < -0.39 is 0 Å². The molecule has 1 aromatic carbocycles. The molecule has 0 spiro atoms. The van der Waals surface area contributed by atoms with Crippen LogP contribution in [0.15, 0.2) is 49.3 Å². The zero-order valence-corrected chi connectivity index (χ0v) is 11.3. The largest absolute Gasteiger partial charge is 0.393 e. The van der Waals surface area contributed by atoms with Crippen LogP contribution in [0, 0.1) is 0 Å². The van der Waals surface area contributed by atoms with Crippen molar-refractivity contribution in [3.63, 3.8) is 0 Å². The summed E-state index contributed by atoms with van der Waals surface area (Å²) in [7, 11) is 0. The molecule has 0 atom stereocenters. The summed E-state index contributed by atoms with van der Waals surface area (Å²) in [6.07, 6.45) is 4.16. The standard InChI is InChI=1S/C15H19N5/c1-2-9-17-14-13(16)15(20-11-19-14)18-10-8-12-6-4-3-5-7-12/h2-7,11H,1,8-10,16H2,(H2,17,18,19,20). The Morgan fingerprint density at radius 2 is 1.80 bits per heavy atom. The highest BCUT2D eigenvalue weighted by atomic mass is 15.1. The molecule has 1 aromatic heterocycles. The van der Waals surface area contributed by atoms with Crippen LogP contribution in [-0.4, -0.2) is 23.1 Å². The lowest BCUT2D eigenvalue weighted by Crippen LogP contribution is -2.11. The first-order valence-corrected chi connectivity index (χ1v) is 6.54. The second-order valence-electron chi connectivity index (χ2n) is 4.32. The highest BCUT2D eigenvalue weighted by molar-refractivity contribution is 5.74. The van der Waals surface area contributed by atoms with Gasteiger partial charge in [-0.05, 0) is 12.0 Å². The van der Waals surface area contributed by atoms with Crippen molar-refractivity contribution in [2.75, 3.05) is 29.5 Å². The van der Waals surface area contributed by atoms with Gasteiger partial charge in [0.05, 0.1) is 0 Å². The van der Waals surface area contributed by atoms with E-state index in [1.165, 1.54) is 11.9 Å². The Kier molecular flexibility index (Phi) is 4.94. The summed E-state index contributed by atoms with van der Waals surface area (Å²) in [5.74, 6) is 1.28. The van der Waals surface area contributed by atoms with Crippen molar-refractivity contribution in [1.82, 2.24) is 9.97 Å². The van der Waals surface area contributed by atoms with Gasteiger partial charge in [-0.15, -0.1) is 6.58 Å². The summed E-state index contributed by atoms with van der Waals surface area (Å²) in [6.45, 7) is 5.03. The Labute approximate surface area is 119 Å². The molecule has 2 aromatic rings. The molecule has 0 aliphatic rings. The van der Waals surface area contributed by atoms with E-state index in [-0.39, 0.29) is 0 Å². The molecule has 0 fully saturated rings. The van der Waals surface area contributed by atoms with E-state index >= 15 is 0 Å². The van der Waals surface area contributed by atoms with E-state index in [1.807, 2.05) is 18.2 Å². The van der Waals surface area contributed by atoms with Gasteiger partial charge in [0.1, 0.15) is 12.0 Å². The van der Waals surface area contributed by atoms with E-state index in [2.05, 4.69) is 39.3 Å². The number of nitrogen functional groups attached to an aromatic ring is 1. The number of aromatic nitrogens is 2. The van der Waals surface area contributed by atoms with Gasteiger partial charge in [0.25, 0.3) is 0 Å². The summed E-state index contributed by atoms with van der Waals surface area (Å²) < 4.78 is 0. The van der Waals surface area contributed by atoms with Crippen LogP contribution in [-0.2, 0) is 6.42 Å². The Hall–Kier alpha value is -2.56. The molecule has 0 aliphatic carbocycles. The second-order valence-corrected chi connectivity index (χ2v) is 4.32. The van der Waals surface area contributed by atoms with E-state index in [1.54, 1.807) is 6.08 Å². The molecule has 104 valence electrons. The normalized spacial score (nSPS) is 10.0. The third-order valence-corrected chi connectivity index (χ3v) is 2.85. The Bertz CT molecular complexity index is 553. The third-order valence-electron chi connectivity index (χ3n) is 2.85. The van der Waals surface area contributed by atoms with E-state index in [9.17, 15) is 0 Å². The average Bonchev–Trinajstić information content (AvgIpc) is 2.49. The monoisotopic (exact) mass is 269 g/mol. The number of anilines is 3. The molecular formula is C15H19N5. The smallest absolute Gasteiger partial charge is 0.155 e. The van der Waals surface area contributed by atoms with Crippen LogP contribution < -0.4 is 16.4 Å². The predicted molar refractivity (Wildman–Crippen MR) is 83.8 cm³/mol. The predicted octanol–water partition coefficient (Wildman–Crippen LogP) is 2.31. The van der Waals surface area contributed by atoms with Crippen LogP contribution >= 0.6 is 0 Å². The number of hydrogen-bond donors (Lipinski definition) is 3. The van der Waals surface area contributed by atoms with Crippen molar-refractivity contribution in [3.8, 4) is 0 Å². The van der Waals surface area contributed by atoms with Crippen LogP contribution in [0.25, 0.3) is 0 Å². The summed E-state index contributed by atoms with van der Waals surface area (Å²) in [5.41, 5.74) is 7.82. The Morgan fingerprint density at radius 1 is 1.10 bits per heavy atom. The topological polar surface area (TPSA) is 75.9 Å². The summed E-state index contributed by atoms with van der Waals surface area (Å²) in [5, 5.41) is 6.31. The third kappa shape index (κ3) is 3.71. The number of nitrogens with zero attached hydrogens (tertiary/aromatic N) is 2. The van der Waals surface area contributed by atoms with Crippen molar-refractivity contribution in [2.45, 2.75) is 6.42 Å². The molecule has 4 N–H and O–H groups in total. The molecule has 0 unspecified atom stereocenters. The van der Waals surface area contributed by atoms with Crippen molar-refractivity contribution >= 4 is 17.3 Å². The molecule has 0 saturated carbocycles. The van der Waals surface area contributed by atoms with Crippen LogP contribution in [0.2, 0.25) is 0 Å². The van der Waals surface area contributed by atoms with Crippen molar-refractivity contribution in [2.24, 2.45) is 0 Å². The van der Waals surface area contributed by atoms with Crippen molar-refractivity contribution in [1.29, 1.82) is 0 Å². The fraction of sp³-hybridized carbons (Fsp3) is 0.200. The quantitative estimate of drug-likeness (QED) is 0.672. The minimum atomic E-state index is 0.530. The highest BCUT2D eigenvalue weighted by Gasteiger charge is 2.06. The van der Waals surface area contributed by atoms with Crippen LogP contribution in [0.3, 0.4) is 0 Å². The molecule has 0 aliphatic heterocycles. The maximum absolute atomic E-state index is 6.02. The molecule has 2 rings (SSSR count). The number of nitrogens with two attached hydrogens (primary N) is 1. The molecule has 0 saturated heterocycles. The highest BCUT2D eigenvalue weighted by Crippen LogP contribution is 2.21. The molecule has 0 radical (unpaired) electrons. The molecular weight excluding hydrogens is 250 g/mol. The Morgan fingerprint density at radius 3 is 2.50 bits per heavy atom. The lowest BCUT2D eigenvalue weighted by Gasteiger charge is -2.11. The van der Waals surface area contributed by atoms with Gasteiger partial charge in [-0.1, -0.05) is 36.4 Å². The zero-order valence-electron chi connectivity index (χ0n) is 11.3. The van der Waals surface area contributed by atoms with Gasteiger partial charge < -0.3 is 16.4 Å². The maximum Gasteiger partial charge on any atom is 0.155 e. The summed E-state index contributed by atoms with van der Waals surface area (Å²) >= 11 is 0. The minimum absolute atomic E-state index is 0.530. The van der Waals surface area contributed by atoms with Crippen molar-refractivity contribution in [3.05, 3.63) is 54.9 Å². The molecule has 1 heterocycles. The van der Waals surface area contributed by atoms with E-state index in [4.69, 9.17) is 5.73 Å². The van der Waals surface area contributed by atoms with E-state index in [0.29, 0.717) is 23.9 Å².